The van der Waals surface area contributed by atoms with Crippen LogP contribution in [0, 0.1) is 5.92 Å². The van der Waals surface area contributed by atoms with E-state index in [1.54, 1.807) is 0 Å². The highest BCUT2D eigenvalue weighted by Gasteiger charge is 1.80. The maximum Gasteiger partial charge on any atom is 0.102 e. The van der Waals surface area contributed by atoms with Gasteiger partial charge in [0, 0.05) is 0 Å². The van der Waals surface area contributed by atoms with Gasteiger partial charge in [-0.15, -0.1) is 5.73 Å². The van der Waals surface area contributed by atoms with E-state index in [-0.39, 0.29) is 0 Å². The summed E-state index contributed by atoms with van der Waals surface area (Å²) >= 11 is 6.39. The molecule has 0 aliphatic heterocycles. The van der Waals surface area contributed by atoms with Crippen molar-refractivity contribution in [2.75, 3.05) is 0 Å². The molecule has 0 atom stereocenters. The highest BCUT2D eigenvalue weighted by Crippen LogP contribution is 2.10. The molecule has 0 N–H and O–H groups in total. The molecule has 2 heteroatoms. The SMILES string of the molecule is CC(C)C=C=C(Br)Br. The van der Waals surface area contributed by atoms with Crippen LogP contribution in [-0.2, 0) is 0 Å². The first-order chi connectivity index (χ1) is 3.63. The third kappa shape index (κ3) is 6.48. The Morgan fingerprint density at radius 1 is 1.50 bits per heavy atom. The summed E-state index contributed by atoms with van der Waals surface area (Å²) in [7, 11) is 0. The minimum absolute atomic E-state index is 0.570. The molecule has 0 saturated heterocycles. The van der Waals surface area contributed by atoms with E-state index in [0.717, 1.165) is 3.39 Å². The summed E-state index contributed by atoms with van der Waals surface area (Å²) in [5.41, 5.74) is 2.97. The highest BCUT2D eigenvalue weighted by atomic mass is 79.9. The maximum absolute atomic E-state index is 3.19. The second kappa shape index (κ2) is 4.37. The zero-order chi connectivity index (χ0) is 6.57. The normalized spacial score (nSPS) is 8.62. The summed E-state index contributed by atoms with van der Waals surface area (Å²) in [5.74, 6) is 0.570. The topological polar surface area (TPSA) is 0 Å². The molecular formula is C6H8Br2. The van der Waals surface area contributed by atoms with Gasteiger partial charge >= 0.3 is 0 Å². The molecule has 0 rings (SSSR count). The molecule has 0 radical (unpaired) electrons. The first-order valence-electron chi connectivity index (χ1n) is 2.40. The molecule has 0 aromatic carbocycles. The lowest BCUT2D eigenvalue weighted by Crippen LogP contribution is -1.72. The smallest absolute Gasteiger partial charge is 0.102 e. The van der Waals surface area contributed by atoms with Crippen LogP contribution in [0.15, 0.2) is 15.2 Å². The quantitative estimate of drug-likeness (QED) is 0.616. The lowest BCUT2D eigenvalue weighted by atomic mass is 10.2. The minimum Gasteiger partial charge on any atom is -0.102 e. The summed E-state index contributed by atoms with van der Waals surface area (Å²) in [6.07, 6.45) is 1.98. The van der Waals surface area contributed by atoms with E-state index in [1.165, 1.54) is 0 Å². The van der Waals surface area contributed by atoms with Crippen molar-refractivity contribution in [2.24, 2.45) is 5.92 Å². The van der Waals surface area contributed by atoms with Crippen LogP contribution in [-0.4, -0.2) is 0 Å². The van der Waals surface area contributed by atoms with E-state index < -0.39 is 0 Å². The third-order valence-corrected chi connectivity index (χ3v) is 0.984. The van der Waals surface area contributed by atoms with Gasteiger partial charge in [-0.1, -0.05) is 13.8 Å². The van der Waals surface area contributed by atoms with Crippen molar-refractivity contribution < 1.29 is 0 Å². The molecule has 0 aliphatic carbocycles. The predicted octanol–water partition coefficient (Wildman–Crippen LogP) is 3.43. The molecule has 0 heterocycles. The number of rotatable bonds is 1. The Morgan fingerprint density at radius 2 is 2.00 bits per heavy atom. The maximum atomic E-state index is 3.19. The van der Waals surface area contributed by atoms with Crippen LogP contribution in [0.4, 0.5) is 0 Å². The number of hydrogen-bond donors (Lipinski definition) is 0. The zero-order valence-electron chi connectivity index (χ0n) is 4.91. The molecule has 0 aliphatic rings. The van der Waals surface area contributed by atoms with E-state index in [2.05, 4.69) is 51.4 Å². The summed E-state index contributed by atoms with van der Waals surface area (Å²) in [5, 5.41) is 0. The van der Waals surface area contributed by atoms with Crippen LogP contribution in [0.25, 0.3) is 0 Å². The summed E-state index contributed by atoms with van der Waals surface area (Å²) < 4.78 is 0.874. The van der Waals surface area contributed by atoms with Gasteiger partial charge in [-0.2, -0.15) is 0 Å². The third-order valence-electron chi connectivity index (χ3n) is 0.526. The molecule has 0 saturated carbocycles. The fourth-order valence-electron chi connectivity index (χ4n) is 0.230. The minimum atomic E-state index is 0.570. The molecule has 0 fully saturated rings. The van der Waals surface area contributed by atoms with Gasteiger partial charge in [-0.3, -0.25) is 0 Å². The molecule has 0 aromatic rings. The van der Waals surface area contributed by atoms with Gasteiger partial charge in [-0.05, 0) is 43.9 Å². The van der Waals surface area contributed by atoms with E-state index in [9.17, 15) is 0 Å². The molecule has 0 nitrogen and oxygen atoms in total. The molecule has 0 bridgehead atoms. The fraction of sp³-hybridized carbons (Fsp3) is 0.500. The van der Waals surface area contributed by atoms with Crippen LogP contribution < -0.4 is 0 Å². The van der Waals surface area contributed by atoms with E-state index in [4.69, 9.17) is 0 Å². The summed E-state index contributed by atoms with van der Waals surface area (Å²) in [6, 6.07) is 0. The Hall–Kier alpha value is 0.480. The van der Waals surface area contributed by atoms with Gasteiger partial charge in [0.1, 0.15) is 3.39 Å². The monoisotopic (exact) mass is 238 g/mol. The van der Waals surface area contributed by atoms with Crippen LogP contribution in [0.3, 0.4) is 0 Å². The summed E-state index contributed by atoms with van der Waals surface area (Å²) in [6.45, 7) is 4.21. The lowest BCUT2D eigenvalue weighted by Gasteiger charge is -1.85. The Labute approximate surface area is 66.9 Å². The largest absolute Gasteiger partial charge is 0.102 e. The predicted molar refractivity (Wildman–Crippen MR) is 44.3 cm³/mol. The first kappa shape index (κ1) is 8.48. The van der Waals surface area contributed by atoms with E-state index in [1.807, 2.05) is 6.08 Å². The van der Waals surface area contributed by atoms with E-state index >= 15 is 0 Å². The van der Waals surface area contributed by atoms with Crippen LogP contribution in [0.2, 0.25) is 0 Å². The van der Waals surface area contributed by atoms with Crippen molar-refractivity contribution in [1.82, 2.24) is 0 Å². The van der Waals surface area contributed by atoms with Gasteiger partial charge in [0.25, 0.3) is 0 Å². The Balaban J connectivity index is 3.82. The second-order valence-electron chi connectivity index (χ2n) is 1.82. The van der Waals surface area contributed by atoms with Gasteiger partial charge < -0.3 is 0 Å². The molecule has 0 unspecified atom stereocenters. The van der Waals surface area contributed by atoms with Gasteiger partial charge in [-0.25, -0.2) is 0 Å². The molecule has 8 heavy (non-hydrogen) atoms. The van der Waals surface area contributed by atoms with Crippen LogP contribution in [0.1, 0.15) is 13.8 Å². The molecule has 0 spiro atoms. The van der Waals surface area contributed by atoms with E-state index in [0.29, 0.717) is 5.92 Å². The average molecular weight is 240 g/mol. The van der Waals surface area contributed by atoms with Crippen molar-refractivity contribution >= 4 is 31.9 Å². The number of hydrogen-bond acceptors (Lipinski definition) is 0. The molecular weight excluding hydrogens is 232 g/mol. The van der Waals surface area contributed by atoms with Crippen molar-refractivity contribution in [1.29, 1.82) is 0 Å². The van der Waals surface area contributed by atoms with Crippen LogP contribution in [0.5, 0.6) is 0 Å². The number of allylic oxidation sites excluding steroid dienone is 1. The van der Waals surface area contributed by atoms with Gasteiger partial charge in [0.15, 0.2) is 0 Å². The zero-order valence-corrected chi connectivity index (χ0v) is 8.08. The average Bonchev–Trinajstić information content (AvgIpc) is 1.61. The molecule has 0 aromatic heterocycles. The lowest BCUT2D eigenvalue weighted by molar-refractivity contribution is 0.833. The molecule has 46 valence electrons. The Kier molecular flexibility index (Phi) is 4.63. The standard InChI is InChI=1S/C6H8Br2/c1-5(2)3-4-6(7)8/h3,5H,1-2H3. The summed E-state index contributed by atoms with van der Waals surface area (Å²) in [4.78, 5) is 0. The van der Waals surface area contributed by atoms with Gasteiger partial charge in [0.05, 0.1) is 0 Å². The van der Waals surface area contributed by atoms with Crippen molar-refractivity contribution in [2.45, 2.75) is 13.8 Å². The van der Waals surface area contributed by atoms with Gasteiger partial charge in [0.2, 0.25) is 0 Å². The molecule has 0 amide bonds. The van der Waals surface area contributed by atoms with Crippen molar-refractivity contribution in [3.8, 4) is 0 Å². The van der Waals surface area contributed by atoms with Crippen molar-refractivity contribution in [3.63, 3.8) is 0 Å². The Bertz CT molecular complexity index is 114. The number of halogens is 2. The fourth-order valence-corrected chi connectivity index (χ4v) is 0.494. The Morgan fingerprint density at radius 3 is 2.12 bits per heavy atom. The van der Waals surface area contributed by atoms with Crippen molar-refractivity contribution in [3.05, 3.63) is 15.2 Å². The first-order valence-corrected chi connectivity index (χ1v) is 3.99. The second-order valence-corrected chi connectivity index (χ2v) is 4.47. The van der Waals surface area contributed by atoms with Crippen LogP contribution >= 0.6 is 31.9 Å². The highest BCUT2D eigenvalue weighted by molar-refractivity contribution is 9.28.